The lowest BCUT2D eigenvalue weighted by Gasteiger charge is -2.41. The quantitative estimate of drug-likeness (QED) is 0.554. The van der Waals surface area contributed by atoms with Gasteiger partial charge in [-0.1, -0.05) is 12.8 Å². The van der Waals surface area contributed by atoms with Gasteiger partial charge in [0.25, 0.3) is 0 Å². The summed E-state index contributed by atoms with van der Waals surface area (Å²) in [7, 11) is 0. The Morgan fingerprint density at radius 3 is 2.64 bits per heavy atom. The van der Waals surface area contributed by atoms with E-state index in [-0.39, 0.29) is 18.0 Å². The van der Waals surface area contributed by atoms with Gasteiger partial charge < -0.3 is 4.74 Å². The first-order valence-electron chi connectivity index (χ1n) is 6.07. The minimum Gasteiger partial charge on any atom is -0.462 e. The highest BCUT2D eigenvalue weighted by molar-refractivity contribution is 5.74. The predicted molar refractivity (Wildman–Crippen MR) is 52.7 cm³/mol. The van der Waals surface area contributed by atoms with Crippen LogP contribution in [0.5, 0.6) is 0 Å². The summed E-state index contributed by atoms with van der Waals surface area (Å²) in [4.78, 5) is 11.7. The van der Waals surface area contributed by atoms with Gasteiger partial charge in [-0.15, -0.1) is 0 Å². The summed E-state index contributed by atoms with van der Waals surface area (Å²) in [6.45, 7) is 0. The second kappa shape index (κ2) is 3.25. The van der Waals surface area contributed by atoms with Gasteiger partial charge in [-0.25, -0.2) is 0 Å². The highest BCUT2D eigenvalue weighted by atomic mass is 16.5. The Kier molecular flexibility index (Phi) is 2.03. The summed E-state index contributed by atoms with van der Waals surface area (Å²) < 4.78 is 5.57. The molecule has 0 spiro atoms. The van der Waals surface area contributed by atoms with Crippen LogP contribution in [-0.2, 0) is 9.53 Å². The maximum absolute atomic E-state index is 11.7. The molecule has 3 aliphatic rings. The Labute approximate surface area is 85.0 Å². The van der Waals surface area contributed by atoms with Gasteiger partial charge >= 0.3 is 5.97 Å². The topological polar surface area (TPSA) is 26.3 Å². The minimum absolute atomic E-state index is 0.121. The zero-order valence-electron chi connectivity index (χ0n) is 8.58. The standard InChI is InChI=1S/C12H18O2/c13-12-10-6-3-5-8(10)9-4-1-2-7-11(9)14-12/h8-11H,1-7H2. The molecule has 2 aliphatic carbocycles. The summed E-state index contributed by atoms with van der Waals surface area (Å²) in [5.41, 5.74) is 0. The molecule has 0 aromatic heterocycles. The van der Waals surface area contributed by atoms with Crippen molar-refractivity contribution in [3.05, 3.63) is 0 Å². The molecule has 0 aromatic carbocycles. The Hall–Kier alpha value is -0.530. The van der Waals surface area contributed by atoms with Crippen molar-refractivity contribution in [3.8, 4) is 0 Å². The first kappa shape index (κ1) is 8.75. The molecule has 1 aliphatic heterocycles. The van der Waals surface area contributed by atoms with Gasteiger partial charge in [0.2, 0.25) is 0 Å². The highest BCUT2D eigenvalue weighted by Crippen LogP contribution is 2.47. The number of hydrogen-bond donors (Lipinski definition) is 0. The van der Waals surface area contributed by atoms with E-state index >= 15 is 0 Å². The van der Waals surface area contributed by atoms with Crippen molar-refractivity contribution in [3.63, 3.8) is 0 Å². The van der Waals surface area contributed by atoms with Gasteiger partial charge in [0, 0.05) is 0 Å². The second-order valence-electron chi connectivity index (χ2n) is 5.12. The third kappa shape index (κ3) is 1.19. The zero-order valence-corrected chi connectivity index (χ0v) is 8.58. The Morgan fingerprint density at radius 2 is 1.71 bits per heavy atom. The molecule has 4 unspecified atom stereocenters. The molecule has 0 amide bonds. The summed E-state index contributed by atoms with van der Waals surface area (Å²) in [5, 5.41) is 0. The molecule has 4 atom stereocenters. The summed E-state index contributed by atoms with van der Waals surface area (Å²) in [6, 6.07) is 0. The average Bonchev–Trinajstić information content (AvgIpc) is 2.67. The largest absolute Gasteiger partial charge is 0.462 e. The van der Waals surface area contributed by atoms with E-state index in [4.69, 9.17) is 4.74 Å². The van der Waals surface area contributed by atoms with Crippen LogP contribution in [-0.4, -0.2) is 12.1 Å². The number of ether oxygens (including phenoxy) is 1. The second-order valence-corrected chi connectivity index (χ2v) is 5.12. The van der Waals surface area contributed by atoms with Crippen LogP contribution < -0.4 is 0 Å². The van der Waals surface area contributed by atoms with Gasteiger partial charge in [-0.3, -0.25) is 4.79 Å². The molecule has 0 radical (unpaired) electrons. The van der Waals surface area contributed by atoms with Crippen LogP contribution in [0.1, 0.15) is 44.9 Å². The van der Waals surface area contributed by atoms with Gasteiger partial charge in [0.15, 0.2) is 0 Å². The van der Waals surface area contributed by atoms with Crippen molar-refractivity contribution in [2.45, 2.75) is 51.0 Å². The van der Waals surface area contributed by atoms with Crippen LogP contribution >= 0.6 is 0 Å². The van der Waals surface area contributed by atoms with E-state index in [1.165, 1.54) is 32.1 Å². The predicted octanol–water partition coefficient (Wildman–Crippen LogP) is 2.52. The molecule has 1 heterocycles. The third-order valence-electron chi connectivity index (χ3n) is 4.44. The molecule has 0 bridgehead atoms. The van der Waals surface area contributed by atoms with E-state index in [9.17, 15) is 4.79 Å². The van der Waals surface area contributed by atoms with E-state index in [0.29, 0.717) is 11.8 Å². The van der Waals surface area contributed by atoms with Gasteiger partial charge in [0.05, 0.1) is 5.92 Å². The van der Waals surface area contributed by atoms with Gasteiger partial charge in [-0.2, -0.15) is 0 Å². The number of esters is 1. The van der Waals surface area contributed by atoms with E-state index < -0.39 is 0 Å². The minimum atomic E-state index is 0.121. The molecular formula is C12H18O2. The Balaban J connectivity index is 1.84. The molecule has 0 aromatic rings. The fourth-order valence-electron chi connectivity index (χ4n) is 3.79. The SMILES string of the molecule is O=C1OC2CCCCC2C2CCCC12. The molecule has 1 saturated heterocycles. The van der Waals surface area contributed by atoms with Crippen molar-refractivity contribution >= 4 is 5.97 Å². The van der Waals surface area contributed by atoms with E-state index in [1.54, 1.807) is 0 Å². The summed E-state index contributed by atoms with van der Waals surface area (Å²) in [6.07, 6.45) is 8.93. The monoisotopic (exact) mass is 194 g/mol. The highest BCUT2D eigenvalue weighted by Gasteiger charge is 2.48. The first-order chi connectivity index (χ1) is 6.86. The van der Waals surface area contributed by atoms with Gasteiger partial charge in [-0.05, 0) is 43.9 Å². The molecule has 2 saturated carbocycles. The lowest BCUT2D eigenvalue weighted by Crippen LogP contribution is -2.44. The Morgan fingerprint density at radius 1 is 0.929 bits per heavy atom. The number of hydrogen-bond acceptors (Lipinski definition) is 2. The van der Waals surface area contributed by atoms with Crippen molar-refractivity contribution in [2.24, 2.45) is 17.8 Å². The number of fused-ring (bicyclic) bond motifs is 3. The lowest BCUT2D eigenvalue weighted by atomic mass is 9.72. The first-order valence-corrected chi connectivity index (χ1v) is 6.07. The fourth-order valence-corrected chi connectivity index (χ4v) is 3.79. The molecule has 3 rings (SSSR count). The number of carbonyl (C=O) groups is 1. The van der Waals surface area contributed by atoms with Crippen LogP contribution in [0.25, 0.3) is 0 Å². The molecule has 0 N–H and O–H groups in total. The molecule has 14 heavy (non-hydrogen) atoms. The zero-order chi connectivity index (χ0) is 9.54. The fraction of sp³-hybridized carbons (Fsp3) is 0.917. The number of rotatable bonds is 0. The molecular weight excluding hydrogens is 176 g/mol. The molecule has 2 heteroatoms. The summed E-state index contributed by atoms with van der Waals surface area (Å²) >= 11 is 0. The van der Waals surface area contributed by atoms with Crippen LogP contribution in [0, 0.1) is 17.8 Å². The van der Waals surface area contributed by atoms with E-state index in [1.807, 2.05) is 0 Å². The normalized spacial score (nSPS) is 46.7. The van der Waals surface area contributed by atoms with Crippen molar-refractivity contribution < 1.29 is 9.53 Å². The van der Waals surface area contributed by atoms with Crippen LogP contribution in [0.2, 0.25) is 0 Å². The van der Waals surface area contributed by atoms with E-state index in [0.717, 1.165) is 12.8 Å². The van der Waals surface area contributed by atoms with Crippen LogP contribution in [0.4, 0.5) is 0 Å². The smallest absolute Gasteiger partial charge is 0.309 e. The molecule has 78 valence electrons. The van der Waals surface area contributed by atoms with E-state index in [2.05, 4.69) is 0 Å². The van der Waals surface area contributed by atoms with Crippen LogP contribution in [0.15, 0.2) is 0 Å². The maximum atomic E-state index is 11.7. The Bertz CT molecular complexity index is 249. The molecule has 2 nitrogen and oxygen atoms in total. The molecule has 3 fully saturated rings. The van der Waals surface area contributed by atoms with Gasteiger partial charge in [0.1, 0.15) is 6.10 Å². The van der Waals surface area contributed by atoms with Crippen molar-refractivity contribution in [1.82, 2.24) is 0 Å². The average molecular weight is 194 g/mol. The van der Waals surface area contributed by atoms with Crippen LogP contribution in [0.3, 0.4) is 0 Å². The number of carbonyl (C=O) groups excluding carboxylic acids is 1. The summed E-state index contributed by atoms with van der Waals surface area (Å²) in [5.74, 6) is 1.79. The van der Waals surface area contributed by atoms with Crippen molar-refractivity contribution in [1.29, 1.82) is 0 Å². The van der Waals surface area contributed by atoms with Crippen molar-refractivity contribution in [2.75, 3.05) is 0 Å². The third-order valence-corrected chi connectivity index (χ3v) is 4.44. The maximum Gasteiger partial charge on any atom is 0.309 e. The lowest BCUT2D eigenvalue weighted by molar-refractivity contribution is -0.173.